The summed E-state index contributed by atoms with van der Waals surface area (Å²) < 4.78 is 5.80. The second kappa shape index (κ2) is 8.52. The van der Waals surface area contributed by atoms with Gasteiger partial charge in [0.05, 0.1) is 11.1 Å². The van der Waals surface area contributed by atoms with Crippen LogP contribution in [0.2, 0.25) is 0 Å². The molecule has 0 saturated carbocycles. The molecule has 0 amide bonds. The summed E-state index contributed by atoms with van der Waals surface area (Å²) in [5, 5.41) is 11.2. The van der Waals surface area contributed by atoms with E-state index in [1.54, 1.807) is 0 Å². The third-order valence-electron chi connectivity index (χ3n) is 7.24. The number of carbonyl (C=O) groups is 1. The quantitative estimate of drug-likeness (QED) is 0.745. The van der Waals surface area contributed by atoms with Crippen molar-refractivity contribution in [3.05, 3.63) is 53.3 Å². The minimum atomic E-state index is -0.210. The molecule has 2 N–H and O–H groups in total. The van der Waals surface area contributed by atoms with Gasteiger partial charge >= 0.3 is 5.97 Å². The van der Waals surface area contributed by atoms with E-state index >= 15 is 0 Å². The molecule has 3 saturated heterocycles. The summed E-state index contributed by atoms with van der Waals surface area (Å²) in [4.78, 5) is 15.0. The van der Waals surface area contributed by atoms with Gasteiger partial charge in [-0.3, -0.25) is 14.8 Å². The number of likely N-dealkylation sites (tertiary alicyclic amines) is 1. The number of nitrogens with one attached hydrogen (secondary N) is 2. The molecule has 3 aliphatic rings. The van der Waals surface area contributed by atoms with Gasteiger partial charge in [-0.2, -0.15) is 5.10 Å². The van der Waals surface area contributed by atoms with Gasteiger partial charge < -0.3 is 10.1 Å². The molecular formula is C24H32N4O2. The van der Waals surface area contributed by atoms with Crippen LogP contribution in [-0.4, -0.2) is 59.9 Å². The molecule has 3 fully saturated rings. The zero-order chi connectivity index (χ0) is 20.4. The van der Waals surface area contributed by atoms with Crippen LogP contribution >= 0.6 is 0 Å². The van der Waals surface area contributed by atoms with Crippen LogP contribution in [0.15, 0.2) is 36.4 Å². The van der Waals surface area contributed by atoms with Crippen molar-refractivity contribution in [2.24, 2.45) is 5.41 Å². The minimum Gasteiger partial charge on any atom is -0.461 e. The number of H-pyrrole nitrogens is 1. The maximum atomic E-state index is 12.5. The number of benzene rings is 1. The van der Waals surface area contributed by atoms with E-state index in [2.05, 4.69) is 50.7 Å². The van der Waals surface area contributed by atoms with Gasteiger partial charge in [0.2, 0.25) is 0 Å². The van der Waals surface area contributed by atoms with Crippen LogP contribution in [-0.2, 0) is 16.0 Å². The van der Waals surface area contributed by atoms with Gasteiger partial charge in [-0.1, -0.05) is 30.3 Å². The number of piperidine rings is 2. The fourth-order valence-electron chi connectivity index (χ4n) is 5.45. The van der Waals surface area contributed by atoms with Crippen molar-refractivity contribution in [3.63, 3.8) is 0 Å². The fourth-order valence-corrected chi connectivity index (χ4v) is 5.45. The van der Waals surface area contributed by atoms with Gasteiger partial charge in [0.15, 0.2) is 0 Å². The first-order valence-corrected chi connectivity index (χ1v) is 11.4. The highest BCUT2D eigenvalue weighted by Gasteiger charge is 2.49. The molecule has 6 heteroatoms. The van der Waals surface area contributed by atoms with Crippen molar-refractivity contribution >= 4 is 5.97 Å². The summed E-state index contributed by atoms with van der Waals surface area (Å²) in [5.41, 5.74) is 3.48. The summed E-state index contributed by atoms with van der Waals surface area (Å²) in [7, 11) is 0. The van der Waals surface area contributed by atoms with Crippen LogP contribution in [0.5, 0.6) is 0 Å². The van der Waals surface area contributed by atoms with Crippen molar-refractivity contribution in [2.45, 2.75) is 50.5 Å². The Balaban J connectivity index is 1.12. The van der Waals surface area contributed by atoms with E-state index < -0.39 is 0 Å². The Hall–Kier alpha value is -2.18. The second-order valence-corrected chi connectivity index (χ2v) is 9.32. The number of esters is 1. The number of nitrogens with zero attached hydrogens (tertiary/aromatic N) is 2. The Morgan fingerprint density at radius 2 is 1.90 bits per heavy atom. The Labute approximate surface area is 178 Å². The molecule has 1 aromatic carbocycles. The molecule has 6 nitrogen and oxygen atoms in total. The monoisotopic (exact) mass is 408 g/mol. The maximum absolute atomic E-state index is 12.5. The van der Waals surface area contributed by atoms with Gasteiger partial charge in [0, 0.05) is 31.0 Å². The van der Waals surface area contributed by atoms with E-state index in [0.717, 1.165) is 71.2 Å². The Bertz CT molecular complexity index is 851. The molecule has 4 heterocycles. The lowest BCUT2D eigenvalue weighted by molar-refractivity contribution is -0.150. The number of aromatic amines is 1. The predicted molar refractivity (Wildman–Crippen MR) is 115 cm³/mol. The maximum Gasteiger partial charge on any atom is 0.312 e. The average Bonchev–Trinajstić information content (AvgIpc) is 3.35. The van der Waals surface area contributed by atoms with E-state index in [-0.39, 0.29) is 17.5 Å². The highest BCUT2D eigenvalue weighted by Crippen LogP contribution is 2.42. The molecule has 0 radical (unpaired) electrons. The summed E-state index contributed by atoms with van der Waals surface area (Å²) in [6.45, 7) is 4.85. The van der Waals surface area contributed by atoms with Gasteiger partial charge in [0.1, 0.15) is 6.10 Å². The number of cyclic esters (lactones) is 1. The van der Waals surface area contributed by atoms with Crippen molar-refractivity contribution in [3.8, 4) is 0 Å². The van der Waals surface area contributed by atoms with E-state index in [1.165, 1.54) is 17.0 Å². The van der Waals surface area contributed by atoms with Crippen molar-refractivity contribution in [1.29, 1.82) is 0 Å². The van der Waals surface area contributed by atoms with Crippen LogP contribution in [0, 0.1) is 5.41 Å². The first kappa shape index (κ1) is 19.8. The molecule has 1 unspecified atom stereocenters. The van der Waals surface area contributed by atoms with Crippen LogP contribution in [0.25, 0.3) is 0 Å². The molecule has 1 aromatic heterocycles. The molecule has 0 bridgehead atoms. The number of aromatic nitrogens is 2. The number of rotatable bonds is 5. The minimum absolute atomic E-state index is 0.0476. The Morgan fingerprint density at radius 3 is 2.67 bits per heavy atom. The van der Waals surface area contributed by atoms with Gasteiger partial charge in [-0.05, 0) is 63.5 Å². The number of hydrogen-bond donors (Lipinski definition) is 2. The van der Waals surface area contributed by atoms with Crippen LogP contribution in [0.4, 0.5) is 0 Å². The summed E-state index contributed by atoms with van der Waals surface area (Å²) in [6, 6.07) is 12.8. The van der Waals surface area contributed by atoms with Crippen LogP contribution < -0.4 is 5.32 Å². The molecular weight excluding hydrogens is 376 g/mol. The molecule has 160 valence electrons. The van der Waals surface area contributed by atoms with E-state index in [0.29, 0.717) is 5.92 Å². The van der Waals surface area contributed by atoms with E-state index in [4.69, 9.17) is 4.74 Å². The standard InChI is InChI=1S/C24H32N4O2/c29-23-24(8-10-25-11-9-24)16-21(30-23)17-28-12-6-19(7-13-28)22-15-20(26-27-22)14-18-4-2-1-3-5-18/h1-5,15,19,21,25H,6-14,16-17H2,(H,26,27). The topological polar surface area (TPSA) is 70.2 Å². The first-order chi connectivity index (χ1) is 14.7. The van der Waals surface area contributed by atoms with Crippen molar-refractivity contribution in [1.82, 2.24) is 20.4 Å². The second-order valence-electron chi connectivity index (χ2n) is 9.32. The highest BCUT2D eigenvalue weighted by atomic mass is 16.6. The number of ether oxygens (including phenoxy) is 1. The zero-order valence-electron chi connectivity index (χ0n) is 17.6. The molecule has 1 atom stereocenters. The largest absolute Gasteiger partial charge is 0.461 e. The molecule has 5 rings (SSSR count). The molecule has 0 aliphatic carbocycles. The molecule has 3 aliphatic heterocycles. The Kier molecular flexibility index (Phi) is 5.61. The highest BCUT2D eigenvalue weighted by molar-refractivity contribution is 5.79. The van der Waals surface area contributed by atoms with Crippen LogP contribution in [0.3, 0.4) is 0 Å². The fraction of sp³-hybridized carbons (Fsp3) is 0.583. The first-order valence-electron chi connectivity index (χ1n) is 11.4. The van der Waals surface area contributed by atoms with Gasteiger partial charge in [0.25, 0.3) is 0 Å². The Morgan fingerprint density at radius 1 is 1.13 bits per heavy atom. The summed E-state index contributed by atoms with van der Waals surface area (Å²) in [5.74, 6) is 0.565. The van der Waals surface area contributed by atoms with Crippen molar-refractivity contribution < 1.29 is 9.53 Å². The average molecular weight is 409 g/mol. The third-order valence-corrected chi connectivity index (χ3v) is 7.24. The summed E-state index contributed by atoms with van der Waals surface area (Å²) in [6.07, 6.45) is 5.95. The lowest BCUT2D eigenvalue weighted by Crippen LogP contribution is -2.40. The van der Waals surface area contributed by atoms with E-state index in [1.807, 2.05) is 6.07 Å². The SMILES string of the molecule is O=C1OC(CN2CCC(c3cc(Cc4ccccc4)[nH]n3)CC2)CC12CCNCC2. The predicted octanol–water partition coefficient (Wildman–Crippen LogP) is 2.87. The molecule has 30 heavy (non-hydrogen) atoms. The molecule has 1 spiro atoms. The molecule has 2 aromatic rings. The van der Waals surface area contributed by atoms with Crippen molar-refractivity contribution in [2.75, 3.05) is 32.7 Å². The van der Waals surface area contributed by atoms with Crippen LogP contribution in [0.1, 0.15) is 55.0 Å². The van der Waals surface area contributed by atoms with E-state index in [9.17, 15) is 4.79 Å². The lowest BCUT2D eigenvalue weighted by Gasteiger charge is -2.33. The third kappa shape index (κ3) is 4.16. The zero-order valence-corrected chi connectivity index (χ0v) is 17.6. The smallest absolute Gasteiger partial charge is 0.312 e. The number of hydrogen-bond acceptors (Lipinski definition) is 5. The summed E-state index contributed by atoms with van der Waals surface area (Å²) >= 11 is 0. The number of carbonyl (C=O) groups excluding carboxylic acids is 1. The van der Waals surface area contributed by atoms with Gasteiger partial charge in [-0.15, -0.1) is 0 Å². The lowest BCUT2D eigenvalue weighted by atomic mass is 9.76. The van der Waals surface area contributed by atoms with Gasteiger partial charge in [-0.25, -0.2) is 0 Å². The normalized spacial score (nSPS) is 24.9.